The number of carbonyl (C=O) groups excluding carboxylic acids is 1. The van der Waals surface area contributed by atoms with Crippen LogP contribution in [0.15, 0.2) is 30.3 Å². The minimum Gasteiger partial charge on any atom is -0.492 e. The highest BCUT2D eigenvalue weighted by atomic mass is 35.5. The van der Waals surface area contributed by atoms with Crippen LogP contribution in [-0.4, -0.2) is 37.4 Å². The molecule has 2 aliphatic rings. The van der Waals surface area contributed by atoms with E-state index < -0.39 is 0 Å². The normalized spacial score (nSPS) is 17.8. The van der Waals surface area contributed by atoms with Crippen LogP contribution in [0.5, 0.6) is 11.5 Å². The molecule has 0 saturated carbocycles. The quantitative estimate of drug-likeness (QED) is 0.587. The van der Waals surface area contributed by atoms with Crippen LogP contribution in [0.3, 0.4) is 0 Å². The number of aldehydes is 1. The van der Waals surface area contributed by atoms with Crippen LogP contribution in [0.1, 0.15) is 36.0 Å². The van der Waals surface area contributed by atoms with Crippen LogP contribution in [0.2, 0.25) is 10.0 Å². The standard InChI is InChI=1S/C23H25Cl2NO3/c1-16-11-20(24)18(21(25)12-16)14-28-17-3-4-19-22(13-17)29-15-23(19)5-8-26(9-6-23)7-2-10-27/h3-4,10-13H,2,5-9,14-15H2,1H3. The van der Waals surface area contributed by atoms with Crippen molar-refractivity contribution in [1.29, 1.82) is 0 Å². The molecule has 0 radical (unpaired) electrons. The van der Waals surface area contributed by atoms with Crippen molar-refractivity contribution in [3.8, 4) is 11.5 Å². The van der Waals surface area contributed by atoms with E-state index in [-0.39, 0.29) is 5.41 Å². The number of rotatable bonds is 6. The number of hydrogen-bond donors (Lipinski definition) is 0. The van der Waals surface area contributed by atoms with Gasteiger partial charge in [0.25, 0.3) is 0 Å². The number of fused-ring (bicyclic) bond motifs is 2. The van der Waals surface area contributed by atoms with Crippen LogP contribution in [0.4, 0.5) is 0 Å². The molecule has 0 aliphatic carbocycles. The second-order valence-electron chi connectivity index (χ2n) is 8.02. The van der Waals surface area contributed by atoms with Gasteiger partial charge in [-0.2, -0.15) is 0 Å². The minimum absolute atomic E-state index is 0.0785. The Morgan fingerprint density at radius 2 is 1.90 bits per heavy atom. The molecule has 0 amide bonds. The first-order valence-corrected chi connectivity index (χ1v) is 10.8. The summed E-state index contributed by atoms with van der Waals surface area (Å²) in [5, 5.41) is 1.24. The smallest absolute Gasteiger partial charge is 0.126 e. The molecular weight excluding hydrogens is 409 g/mol. The average Bonchev–Trinajstić information content (AvgIpc) is 3.04. The zero-order chi connectivity index (χ0) is 20.4. The monoisotopic (exact) mass is 433 g/mol. The molecule has 0 unspecified atom stereocenters. The third-order valence-electron chi connectivity index (χ3n) is 6.07. The number of benzene rings is 2. The molecule has 154 valence electrons. The first-order valence-electron chi connectivity index (χ1n) is 10.0. The fraction of sp³-hybridized carbons (Fsp3) is 0.435. The zero-order valence-corrected chi connectivity index (χ0v) is 18.1. The lowest BCUT2D eigenvalue weighted by molar-refractivity contribution is -0.108. The Balaban J connectivity index is 1.44. The van der Waals surface area contributed by atoms with Crippen LogP contribution >= 0.6 is 23.2 Å². The summed E-state index contributed by atoms with van der Waals surface area (Å²) in [7, 11) is 0. The van der Waals surface area contributed by atoms with E-state index in [1.807, 2.05) is 31.2 Å². The van der Waals surface area contributed by atoms with Gasteiger partial charge in [-0.1, -0.05) is 29.3 Å². The molecular formula is C23H25Cl2NO3. The number of likely N-dealkylation sites (tertiary alicyclic amines) is 1. The van der Waals surface area contributed by atoms with Crippen molar-refractivity contribution in [3.63, 3.8) is 0 Å². The predicted octanol–water partition coefficient (Wildman–Crippen LogP) is 5.20. The fourth-order valence-corrected chi connectivity index (χ4v) is 5.03. The summed E-state index contributed by atoms with van der Waals surface area (Å²) < 4.78 is 12.0. The van der Waals surface area contributed by atoms with Gasteiger partial charge in [0.1, 0.15) is 24.4 Å². The number of piperidine rings is 1. The molecule has 2 aliphatic heterocycles. The summed E-state index contributed by atoms with van der Waals surface area (Å²) in [5.41, 5.74) is 3.16. The molecule has 6 heteroatoms. The lowest BCUT2D eigenvalue weighted by Gasteiger charge is -2.38. The molecule has 4 rings (SSSR count). The summed E-state index contributed by atoms with van der Waals surface area (Å²) in [6, 6.07) is 9.90. The molecule has 1 fully saturated rings. The number of halogens is 2. The maximum atomic E-state index is 10.6. The Hall–Kier alpha value is -1.75. The average molecular weight is 434 g/mol. The van der Waals surface area contributed by atoms with Gasteiger partial charge < -0.3 is 19.2 Å². The van der Waals surface area contributed by atoms with Gasteiger partial charge >= 0.3 is 0 Å². The van der Waals surface area contributed by atoms with Gasteiger partial charge in [0, 0.05) is 45.6 Å². The third-order valence-corrected chi connectivity index (χ3v) is 6.75. The van der Waals surface area contributed by atoms with Crippen molar-refractivity contribution < 1.29 is 14.3 Å². The molecule has 4 nitrogen and oxygen atoms in total. The maximum Gasteiger partial charge on any atom is 0.126 e. The molecule has 29 heavy (non-hydrogen) atoms. The van der Waals surface area contributed by atoms with Crippen molar-refractivity contribution in [2.75, 3.05) is 26.2 Å². The van der Waals surface area contributed by atoms with E-state index in [4.69, 9.17) is 32.7 Å². The lowest BCUT2D eigenvalue weighted by Crippen LogP contribution is -2.43. The van der Waals surface area contributed by atoms with Crippen LogP contribution in [0, 0.1) is 6.92 Å². The Morgan fingerprint density at radius 3 is 2.59 bits per heavy atom. The van der Waals surface area contributed by atoms with Crippen LogP contribution < -0.4 is 9.47 Å². The Labute approximate surface area is 181 Å². The number of ether oxygens (including phenoxy) is 2. The molecule has 2 heterocycles. The first-order chi connectivity index (χ1) is 14.0. The summed E-state index contributed by atoms with van der Waals surface area (Å²) in [6.45, 7) is 5.84. The van der Waals surface area contributed by atoms with Crippen molar-refractivity contribution in [3.05, 3.63) is 57.1 Å². The van der Waals surface area contributed by atoms with E-state index in [2.05, 4.69) is 11.0 Å². The maximum absolute atomic E-state index is 10.6. The van der Waals surface area contributed by atoms with Gasteiger partial charge in [-0.15, -0.1) is 0 Å². The van der Waals surface area contributed by atoms with E-state index >= 15 is 0 Å². The Morgan fingerprint density at radius 1 is 1.17 bits per heavy atom. The third kappa shape index (κ3) is 4.25. The van der Waals surface area contributed by atoms with Gasteiger partial charge in [0.2, 0.25) is 0 Å². The highest BCUT2D eigenvalue weighted by Gasteiger charge is 2.43. The van der Waals surface area contributed by atoms with E-state index in [0.717, 1.165) is 61.4 Å². The summed E-state index contributed by atoms with van der Waals surface area (Å²) in [6.07, 6.45) is 3.70. The molecule has 0 aromatic heterocycles. The van der Waals surface area contributed by atoms with E-state index in [0.29, 0.717) is 29.7 Å². The zero-order valence-electron chi connectivity index (χ0n) is 16.5. The topological polar surface area (TPSA) is 38.8 Å². The molecule has 0 N–H and O–H groups in total. The van der Waals surface area contributed by atoms with Crippen LogP contribution in [0.25, 0.3) is 0 Å². The summed E-state index contributed by atoms with van der Waals surface area (Å²) in [5.74, 6) is 1.65. The van der Waals surface area contributed by atoms with Crippen molar-refractivity contribution in [2.45, 2.75) is 38.2 Å². The summed E-state index contributed by atoms with van der Waals surface area (Å²) >= 11 is 12.6. The van der Waals surface area contributed by atoms with E-state index in [1.54, 1.807) is 0 Å². The first kappa shape index (κ1) is 20.5. The fourth-order valence-electron chi connectivity index (χ4n) is 4.32. The van der Waals surface area contributed by atoms with Gasteiger partial charge in [0.05, 0.1) is 6.61 Å². The Kier molecular flexibility index (Phi) is 6.05. The lowest BCUT2D eigenvalue weighted by atomic mass is 9.74. The van der Waals surface area contributed by atoms with Crippen LogP contribution in [-0.2, 0) is 16.8 Å². The summed E-state index contributed by atoms with van der Waals surface area (Å²) in [4.78, 5) is 13.0. The number of carbonyl (C=O) groups is 1. The van der Waals surface area contributed by atoms with Crippen molar-refractivity contribution in [2.24, 2.45) is 0 Å². The van der Waals surface area contributed by atoms with Crippen molar-refractivity contribution in [1.82, 2.24) is 4.90 Å². The molecule has 0 atom stereocenters. The number of nitrogens with zero attached hydrogens (tertiary/aromatic N) is 1. The minimum atomic E-state index is 0.0785. The largest absolute Gasteiger partial charge is 0.492 e. The Bertz CT molecular complexity index is 884. The number of aryl methyl sites for hydroxylation is 1. The van der Waals surface area contributed by atoms with E-state index in [1.165, 1.54) is 5.56 Å². The van der Waals surface area contributed by atoms with Gasteiger partial charge in [-0.3, -0.25) is 0 Å². The molecule has 0 bridgehead atoms. The van der Waals surface area contributed by atoms with Crippen molar-refractivity contribution >= 4 is 29.5 Å². The second kappa shape index (κ2) is 8.55. The predicted molar refractivity (Wildman–Crippen MR) is 116 cm³/mol. The molecule has 1 saturated heterocycles. The molecule has 2 aromatic rings. The molecule has 1 spiro atoms. The van der Waals surface area contributed by atoms with Gasteiger partial charge in [0.15, 0.2) is 0 Å². The molecule has 2 aromatic carbocycles. The van der Waals surface area contributed by atoms with E-state index in [9.17, 15) is 4.79 Å². The van der Waals surface area contributed by atoms with Gasteiger partial charge in [-0.25, -0.2) is 0 Å². The SMILES string of the molecule is Cc1cc(Cl)c(COc2ccc3c(c2)OCC32CCN(CCC=O)CC2)c(Cl)c1. The number of hydrogen-bond acceptors (Lipinski definition) is 4. The highest BCUT2D eigenvalue weighted by molar-refractivity contribution is 6.36. The van der Waals surface area contributed by atoms with Gasteiger partial charge in [-0.05, 0) is 56.6 Å². The highest BCUT2D eigenvalue weighted by Crippen LogP contribution is 2.46. The second-order valence-corrected chi connectivity index (χ2v) is 8.83.